The van der Waals surface area contributed by atoms with Crippen LogP contribution in [0.5, 0.6) is 0 Å². The van der Waals surface area contributed by atoms with E-state index in [2.05, 4.69) is 39.1 Å². The number of aromatic nitrogens is 2. The van der Waals surface area contributed by atoms with E-state index in [1.807, 2.05) is 18.8 Å². The summed E-state index contributed by atoms with van der Waals surface area (Å²) >= 11 is 3.66. The Morgan fingerprint density at radius 1 is 1.33 bits per heavy atom. The van der Waals surface area contributed by atoms with E-state index in [4.69, 9.17) is 0 Å². The van der Waals surface area contributed by atoms with Gasteiger partial charge in [0.2, 0.25) is 0 Å². The van der Waals surface area contributed by atoms with E-state index < -0.39 is 0 Å². The summed E-state index contributed by atoms with van der Waals surface area (Å²) in [7, 11) is 1.98. The number of benzene rings is 1. The van der Waals surface area contributed by atoms with Gasteiger partial charge in [-0.1, -0.05) is 17.8 Å². The molecule has 5 heteroatoms. The third kappa shape index (κ3) is 1.32. The fourth-order valence-corrected chi connectivity index (χ4v) is 4.68. The summed E-state index contributed by atoms with van der Waals surface area (Å²) in [4.78, 5) is 1.35. The molecule has 2 N–H and O–H groups in total. The standard InChI is InChI=1S/C13H11N3S2/c1-14-6-7-2-3-9-10-11(16-15-9)8-4-5-17-13(8)18-12(7)10/h2-5,14H,6H2,1H3,(H,15,16). The third-order valence-corrected chi connectivity index (χ3v) is 5.53. The lowest BCUT2D eigenvalue weighted by Gasteiger charge is -2.15. The highest BCUT2D eigenvalue weighted by Gasteiger charge is 2.24. The zero-order valence-electron chi connectivity index (χ0n) is 9.78. The van der Waals surface area contributed by atoms with E-state index >= 15 is 0 Å². The van der Waals surface area contributed by atoms with Gasteiger partial charge in [-0.3, -0.25) is 5.10 Å². The minimum atomic E-state index is 0.892. The zero-order valence-corrected chi connectivity index (χ0v) is 11.4. The summed E-state index contributed by atoms with van der Waals surface area (Å²) in [5.41, 5.74) is 4.85. The molecule has 0 bridgehead atoms. The number of hydrogen-bond acceptors (Lipinski definition) is 4. The normalized spacial score (nSPS) is 12.9. The number of rotatable bonds is 2. The summed E-state index contributed by atoms with van der Waals surface area (Å²) < 4.78 is 1.35. The van der Waals surface area contributed by atoms with Crippen molar-refractivity contribution in [3.8, 4) is 11.3 Å². The lowest BCUT2D eigenvalue weighted by molar-refractivity contribution is 0.806. The Balaban J connectivity index is 2.08. The highest BCUT2D eigenvalue weighted by molar-refractivity contribution is 8.01. The second kappa shape index (κ2) is 3.85. The number of H-pyrrole nitrogens is 1. The molecule has 1 aromatic carbocycles. The highest BCUT2D eigenvalue weighted by Crippen LogP contribution is 2.50. The van der Waals surface area contributed by atoms with Gasteiger partial charge in [0.1, 0.15) is 5.69 Å². The van der Waals surface area contributed by atoms with Gasteiger partial charge in [-0.05, 0) is 30.1 Å². The molecule has 3 heterocycles. The van der Waals surface area contributed by atoms with Crippen LogP contribution >= 0.6 is 23.1 Å². The molecule has 90 valence electrons. The number of nitrogens with zero attached hydrogens (tertiary/aromatic N) is 1. The SMILES string of the molecule is CNCc1ccc2[nH]nc3c2c1Sc1sccc1-3. The van der Waals surface area contributed by atoms with Crippen molar-refractivity contribution in [1.29, 1.82) is 0 Å². The first-order chi connectivity index (χ1) is 8.88. The number of hydrogen-bond donors (Lipinski definition) is 2. The summed E-state index contributed by atoms with van der Waals surface area (Å²) in [6.07, 6.45) is 0. The van der Waals surface area contributed by atoms with Gasteiger partial charge >= 0.3 is 0 Å². The Bertz CT molecular complexity index is 742. The zero-order chi connectivity index (χ0) is 12.1. The average molecular weight is 273 g/mol. The van der Waals surface area contributed by atoms with Gasteiger partial charge in [0.05, 0.1) is 9.73 Å². The molecule has 1 aliphatic rings. The van der Waals surface area contributed by atoms with E-state index in [-0.39, 0.29) is 0 Å². The Morgan fingerprint density at radius 3 is 3.17 bits per heavy atom. The predicted molar refractivity (Wildman–Crippen MR) is 76.3 cm³/mol. The molecule has 0 radical (unpaired) electrons. The van der Waals surface area contributed by atoms with Gasteiger partial charge in [-0.2, -0.15) is 5.10 Å². The van der Waals surface area contributed by atoms with Gasteiger partial charge in [-0.25, -0.2) is 0 Å². The van der Waals surface area contributed by atoms with Gasteiger partial charge in [0.15, 0.2) is 0 Å². The molecular weight excluding hydrogens is 262 g/mol. The number of nitrogens with one attached hydrogen (secondary N) is 2. The maximum absolute atomic E-state index is 4.49. The van der Waals surface area contributed by atoms with Crippen molar-refractivity contribution in [3.05, 3.63) is 29.1 Å². The van der Waals surface area contributed by atoms with Crippen molar-refractivity contribution >= 4 is 34.0 Å². The number of thiophene rings is 1. The second-order valence-corrected chi connectivity index (χ2v) is 6.50. The summed E-state index contributed by atoms with van der Waals surface area (Å²) in [6, 6.07) is 6.47. The summed E-state index contributed by atoms with van der Waals surface area (Å²) in [5.74, 6) is 0. The monoisotopic (exact) mass is 273 g/mol. The van der Waals surface area contributed by atoms with Crippen molar-refractivity contribution in [2.75, 3.05) is 7.05 Å². The maximum atomic E-state index is 4.49. The minimum Gasteiger partial charge on any atom is -0.316 e. The molecule has 0 amide bonds. The molecule has 0 unspecified atom stereocenters. The van der Waals surface area contributed by atoms with Gasteiger partial charge in [0, 0.05) is 22.4 Å². The molecule has 0 saturated carbocycles. The van der Waals surface area contributed by atoms with E-state index in [0.717, 1.165) is 17.8 Å². The predicted octanol–water partition coefficient (Wildman–Crippen LogP) is 3.48. The largest absolute Gasteiger partial charge is 0.316 e. The molecule has 0 atom stereocenters. The van der Waals surface area contributed by atoms with Crippen LogP contribution in [-0.4, -0.2) is 17.2 Å². The van der Waals surface area contributed by atoms with Crippen molar-refractivity contribution in [2.45, 2.75) is 15.6 Å². The summed E-state index contributed by atoms with van der Waals surface area (Å²) in [5, 5.41) is 14.3. The molecule has 0 spiro atoms. The fraction of sp³-hybridized carbons (Fsp3) is 0.154. The van der Waals surface area contributed by atoms with E-state index in [1.54, 1.807) is 11.3 Å². The molecule has 18 heavy (non-hydrogen) atoms. The molecule has 3 aromatic rings. The first-order valence-corrected chi connectivity index (χ1v) is 7.48. The lowest BCUT2D eigenvalue weighted by Crippen LogP contribution is -2.06. The molecule has 0 saturated heterocycles. The van der Waals surface area contributed by atoms with Crippen molar-refractivity contribution in [3.63, 3.8) is 0 Å². The van der Waals surface area contributed by atoms with Crippen molar-refractivity contribution < 1.29 is 0 Å². The maximum Gasteiger partial charge on any atom is 0.103 e. The highest BCUT2D eigenvalue weighted by atomic mass is 32.2. The molecule has 0 aliphatic carbocycles. The van der Waals surface area contributed by atoms with Crippen LogP contribution in [0.2, 0.25) is 0 Å². The Kier molecular flexibility index (Phi) is 2.27. The average Bonchev–Trinajstić information content (AvgIpc) is 2.99. The van der Waals surface area contributed by atoms with Gasteiger partial charge < -0.3 is 5.32 Å². The van der Waals surface area contributed by atoms with Gasteiger partial charge in [0.25, 0.3) is 0 Å². The molecule has 1 aliphatic heterocycles. The Hall–Kier alpha value is -1.30. The third-order valence-electron chi connectivity index (χ3n) is 3.21. The van der Waals surface area contributed by atoms with Crippen LogP contribution < -0.4 is 5.32 Å². The van der Waals surface area contributed by atoms with Crippen LogP contribution in [0.1, 0.15) is 5.56 Å². The van der Waals surface area contributed by atoms with Crippen LogP contribution in [0.3, 0.4) is 0 Å². The number of fused-ring (bicyclic) bond motifs is 2. The number of aromatic amines is 1. The first-order valence-electron chi connectivity index (χ1n) is 5.79. The van der Waals surface area contributed by atoms with Crippen molar-refractivity contribution in [2.24, 2.45) is 0 Å². The van der Waals surface area contributed by atoms with Crippen LogP contribution in [0, 0.1) is 0 Å². The molecule has 4 rings (SSSR count). The van der Waals surface area contributed by atoms with Crippen LogP contribution in [0.4, 0.5) is 0 Å². The lowest BCUT2D eigenvalue weighted by atomic mass is 10.1. The van der Waals surface area contributed by atoms with E-state index in [9.17, 15) is 0 Å². The van der Waals surface area contributed by atoms with E-state index in [1.165, 1.54) is 25.6 Å². The minimum absolute atomic E-state index is 0.892. The fourth-order valence-electron chi connectivity index (χ4n) is 2.41. The summed E-state index contributed by atoms with van der Waals surface area (Å²) in [6.45, 7) is 0.892. The molecule has 0 fully saturated rings. The van der Waals surface area contributed by atoms with Gasteiger partial charge in [-0.15, -0.1) is 11.3 Å². The van der Waals surface area contributed by atoms with Crippen LogP contribution in [0.15, 0.2) is 32.7 Å². The Labute approximate surface area is 113 Å². The topological polar surface area (TPSA) is 40.7 Å². The van der Waals surface area contributed by atoms with Crippen molar-refractivity contribution in [1.82, 2.24) is 15.5 Å². The van der Waals surface area contributed by atoms with Crippen LogP contribution in [-0.2, 0) is 6.54 Å². The second-order valence-electron chi connectivity index (χ2n) is 4.30. The molecule has 3 nitrogen and oxygen atoms in total. The van der Waals surface area contributed by atoms with E-state index in [0.29, 0.717) is 0 Å². The molecule has 2 aromatic heterocycles. The van der Waals surface area contributed by atoms with Crippen LogP contribution in [0.25, 0.3) is 22.2 Å². The smallest absolute Gasteiger partial charge is 0.103 e. The first kappa shape index (κ1) is 10.6. The molecular formula is C13H11N3S2. The Morgan fingerprint density at radius 2 is 2.28 bits per heavy atom. The quantitative estimate of drug-likeness (QED) is 0.587.